The number of piperazine rings is 1. The van der Waals surface area contributed by atoms with E-state index < -0.39 is 11.9 Å². The number of benzene rings is 1. The molecule has 0 radical (unpaired) electrons. The number of amides is 1. The zero-order chi connectivity index (χ0) is 16.6. The first-order valence-electron chi connectivity index (χ1n) is 7.22. The van der Waals surface area contributed by atoms with Gasteiger partial charge in [0, 0.05) is 31.7 Å². The lowest BCUT2D eigenvalue weighted by Gasteiger charge is -2.45. The third kappa shape index (κ3) is 2.98. The van der Waals surface area contributed by atoms with Crippen molar-refractivity contribution in [1.82, 2.24) is 9.80 Å². The van der Waals surface area contributed by atoms with Gasteiger partial charge in [-0.05, 0) is 6.07 Å². The smallest absolute Gasteiger partial charge is 0.407 e. The number of hydrogen-bond acceptors (Lipinski definition) is 4. The van der Waals surface area contributed by atoms with E-state index in [2.05, 4.69) is 4.90 Å². The fraction of sp³-hybridized carbons (Fsp3) is 0.467. The molecule has 0 saturated carbocycles. The lowest BCUT2D eigenvalue weighted by molar-refractivity contribution is -0.0866. The molecule has 1 N–H and O–H groups in total. The summed E-state index contributed by atoms with van der Waals surface area (Å²) in [6, 6.07) is 4.53. The fourth-order valence-corrected chi connectivity index (χ4v) is 3.38. The van der Waals surface area contributed by atoms with Gasteiger partial charge in [0.1, 0.15) is 17.4 Å². The summed E-state index contributed by atoms with van der Waals surface area (Å²) in [6.07, 6.45) is -1.28. The molecule has 0 spiro atoms. The molecule has 122 valence electrons. The van der Waals surface area contributed by atoms with Crippen molar-refractivity contribution < 1.29 is 19.0 Å². The van der Waals surface area contributed by atoms with E-state index >= 15 is 0 Å². The van der Waals surface area contributed by atoms with Crippen molar-refractivity contribution in [3.8, 4) is 6.07 Å². The van der Waals surface area contributed by atoms with E-state index in [1.165, 1.54) is 17.0 Å². The predicted molar refractivity (Wildman–Crippen MR) is 79.8 cm³/mol. The number of fused-ring (bicyclic) bond motifs is 1. The van der Waals surface area contributed by atoms with E-state index in [9.17, 15) is 9.18 Å². The van der Waals surface area contributed by atoms with Gasteiger partial charge in [-0.15, -0.1) is 0 Å². The summed E-state index contributed by atoms with van der Waals surface area (Å²) >= 11 is 6.14. The van der Waals surface area contributed by atoms with E-state index in [0.29, 0.717) is 38.3 Å². The van der Waals surface area contributed by atoms with Gasteiger partial charge in [0.25, 0.3) is 0 Å². The molecule has 1 aromatic rings. The van der Waals surface area contributed by atoms with E-state index in [1.807, 2.05) is 0 Å². The zero-order valence-electron chi connectivity index (χ0n) is 12.2. The molecule has 0 aromatic heterocycles. The molecule has 1 aromatic carbocycles. The number of carboxylic acid groups (broad SMARTS) is 1. The first kappa shape index (κ1) is 16.0. The Kier molecular flexibility index (Phi) is 4.39. The average molecular weight is 340 g/mol. The number of nitrogens with zero attached hydrogens (tertiary/aromatic N) is 3. The minimum Gasteiger partial charge on any atom is -0.465 e. The third-order valence-electron chi connectivity index (χ3n) is 4.34. The molecule has 2 atom stereocenters. The van der Waals surface area contributed by atoms with Crippen LogP contribution in [0.1, 0.15) is 17.2 Å². The van der Waals surface area contributed by atoms with Crippen LogP contribution in [0, 0.1) is 17.1 Å². The van der Waals surface area contributed by atoms with Gasteiger partial charge in [-0.25, -0.2) is 9.18 Å². The Morgan fingerprint density at radius 2 is 2.22 bits per heavy atom. The van der Waals surface area contributed by atoms with Crippen LogP contribution in [0.3, 0.4) is 0 Å². The Hall–Kier alpha value is -1.88. The number of morpholine rings is 1. The Morgan fingerprint density at radius 1 is 1.43 bits per heavy atom. The number of hydrogen-bond donors (Lipinski definition) is 1. The molecular weight excluding hydrogens is 325 g/mol. The van der Waals surface area contributed by atoms with Gasteiger partial charge >= 0.3 is 6.09 Å². The molecule has 3 rings (SSSR count). The maximum atomic E-state index is 13.6. The number of nitriles is 1. The highest BCUT2D eigenvalue weighted by molar-refractivity contribution is 6.32. The van der Waals surface area contributed by atoms with Gasteiger partial charge in [-0.3, -0.25) is 4.90 Å². The Morgan fingerprint density at radius 3 is 2.91 bits per heavy atom. The van der Waals surface area contributed by atoms with Crippen molar-refractivity contribution in [2.45, 2.75) is 12.1 Å². The summed E-state index contributed by atoms with van der Waals surface area (Å²) in [4.78, 5) is 14.6. The Bertz CT molecular complexity index is 679. The van der Waals surface area contributed by atoms with Crippen molar-refractivity contribution in [1.29, 1.82) is 5.26 Å². The molecule has 0 bridgehead atoms. The van der Waals surface area contributed by atoms with Crippen molar-refractivity contribution in [3.63, 3.8) is 0 Å². The molecule has 2 aliphatic heterocycles. The minimum absolute atomic E-state index is 0.00533. The molecule has 2 fully saturated rings. The Balaban J connectivity index is 1.77. The molecule has 2 saturated heterocycles. The van der Waals surface area contributed by atoms with E-state index in [4.69, 9.17) is 26.7 Å². The van der Waals surface area contributed by atoms with Crippen molar-refractivity contribution in [3.05, 3.63) is 34.1 Å². The summed E-state index contributed by atoms with van der Waals surface area (Å²) in [5.74, 6) is -0.648. The highest BCUT2D eigenvalue weighted by atomic mass is 35.5. The van der Waals surface area contributed by atoms with Crippen LogP contribution in [0.25, 0.3) is 0 Å². The first-order chi connectivity index (χ1) is 11.0. The monoisotopic (exact) mass is 339 g/mol. The van der Waals surface area contributed by atoms with Crippen LogP contribution in [0.4, 0.5) is 9.18 Å². The Labute approximate surface area is 137 Å². The third-order valence-corrected chi connectivity index (χ3v) is 4.75. The van der Waals surface area contributed by atoms with E-state index in [0.717, 1.165) is 0 Å². The van der Waals surface area contributed by atoms with E-state index in [1.54, 1.807) is 6.07 Å². The summed E-state index contributed by atoms with van der Waals surface area (Å²) in [6.45, 7) is 2.36. The second kappa shape index (κ2) is 6.32. The van der Waals surface area contributed by atoms with Gasteiger partial charge in [-0.1, -0.05) is 17.7 Å². The average Bonchev–Trinajstić information content (AvgIpc) is 2.54. The maximum absolute atomic E-state index is 13.6. The summed E-state index contributed by atoms with van der Waals surface area (Å²) < 4.78 is 19.4. The lowest BCUT2D eigenvalue weighted by atomic mass is 10.0. The van der Waals surface area contributed by atoms with Crippen molar-refractivity contribution in [2.24, 2.45) is 0 Å². The van der Waals surface area contributed by atoms with Crippen LogP contribution < -0.4 is 0 Å². The summed E-state index contributed by atoms with van der Waals surface area (Å²) in [7, 11) is 0. The molecule has 6 nitrogen and oxygen atoms in total. The topological polar surface area (TPSA) is 76.8 Å². The van der Waals surface area contributed by atoms with Crippen LogP contribution >= 0.6 is 11.6 Å². The van der Waals surface area contributed by atoms with Crippen LogP contribution in [0.2, 0.25) is 5.02 Å². The number of halogens is 2. The minimum atomic E-state index is -0.924. The van der Waals surface area contributed by atoms with Crippen LogP contribution in [0.15, 0.2) is 12.1 Å². The second-order valence-corrected chi connectivity index (χ2v) is 6.01. The van der Waals surface area contributed by atoms with E-state index in [-0.39, 0.29) is 22.7 Å². The molecule has 0 aliphatic carbocycles. The highest BCUT2D eigenvalue weighted by Crippen LogP contribution is 2.33. The number of carbonyl (C=O) groups is 1. The zero-order valence-corrected chi connectivity index (χ0v) is 13.0. The van der Waals surface area contributed by atoms with Crippen LogP contribution in [-0.2, 0) is 4.74 Å². The van der Waals surface area contributed by atoms with Gasteiger partial charge in [0.05, 0.1) is 23.8 Å². The largest absolute Gasteiger partial charge is 0.465 e. The van der Waals surface area contributed by atoms with Crippen LogP contribution in [-0.4, -0.2) is 59.8 Å². The first-order valence-corrected chi connectivity index (χ1v) is 7.60. The van der Waals surface area contributed by atoms with Gasteiger partial charge in [-0.2, -0.15) is 5.26 Å². The molecule has 1 amide bonds. The van der Waals surface area contributed by atoms with Crippen molar-refractivity contribution >= 4 is 17.7 Å². The lowest BCUT2D eigenvalue weighted by Crippen LogP contribution is -2.59. The number of ether oxygens (including phenoxy) is 1. The molecule has 8 heteroatoms. The predicted octanol–water partition coefficient (Wildman–Crippen LogP) is 2.09. The molecular formula is C15H15ClFN3O3. The highest BCUT2D eigenvalue weighted by Gasteiger charge is 2.36. The summed E-state index contributed by atoms with van der Waals surface area (Å²) in [5, 5.41) is 18.1. The summed E-state index contributed by atoms with van der Waals surface area (Å²) in [5.41, 5.74) is 0.411. The van der Waals surface area contributed by atoms with Gasteiger partial charge < -0.3 is 14.7 Å². The second-order valence-electron chi connectivity index (χ2n) is 5.64. The fourth-order valence-electron chi connectivity index (χ4n) is 3.07. The maximum Gasteiger partial charge on any atom is 0.407 e. The molecule has 2 aliphatic rings. The molecule has 23 heavy (non-hydrogen) atoms. The van der Waals surface area contributed by atoms with Gasteiger partial charge in [0.2, 0.25) is 0 Å². The SMILES string of the molecule is N#Cc1c(F)ccc([C@@H]2CN3CCN(C(=O)O)C[C@H]3CO2)c1Cl. The quantitative estimate of drug-likeness (QED) is 0.847. The van der Waals surface area contributed by atoms with Gasteiger partial charge in [0.15, 0.2) is 0 Å². The van der Waals surface area contributed by atoms with Crippen molar-refractivity contribution in [2.75, 3.05) is 32.8 Å². The standard InChI is InChI=1S/C15H15ClFN3O3/c16-14-10(1-2-12(17)11(14)5-18)13-7-19-3-4-20(15(21)22)6-9(19)8-23-13/h1-2,9,13H,3-4,6-8H2,(H,21,22)/t9-,13-/m0/s1. The number of rotatable bonds is 1. The molecule has 0 unspecified atom stereocenters. The normalized spacial score (nSPS) is 24.8. The van der Waals surface area contributed by atoms with Crippen LogP contribution in [0.5, 0.6) is 0 Å². The molecule has 2 heterocycles.